The predicted octanol–water partition coefficient (Wildman–Crippen LogP) is 4.62. The summed E-state index contributed by atoms with van der Waals surface area (Å²) in [6.07, 6.45) is 0.578. The topological polar surface area (TPSA) is 66.5 Å². The molecule has 0 aliphatic carbocycles. The van der Waals surface area contributed by atoms with Crippen LogP contribution in [0.15, 0.2) is 60.0 Å². The standard InChI is InChI=1S/C23H20N2O3S/c1-15-2-6-17(7-3-15)19-12-13-29-22(19)23(28)24-18-8-4-16(5-9-18)14-25-20(26)10-11-21(25)27/h2-9,12-13H,10-11,14H2,1H3,(H,24,28). The molecular weight excluding hydrogens is 384 g/mol. The van der Waals surface area contributed by atoms with Gasteiger partial charge in [0, 0.05) is 24.1 Å². The Morgan fingerprint density at radius 2 is 1.62 bits per heavy atom. The molecule has 2 heterocycles. The molecule has 1 aromatic heterocycles. The lowest BCUT2D eigenvalue weighted by Crippen LogP contribution is -2.28. The number of carbonyl (C=O) groups excluding carboxylic acids is 3. The van der Waals surface area contributed by atoms with Crippen molar-refractivity contribution in [3.63, 3.8) is 0 Å². The first kappa shape index (κ1) is 19.1. The molecule has 4 rings (SSSR count). The summed E-state index contributed by atoms with van der Waals surface area (Å²) in [4.78, 5) is 38.2. The molecule has 1 aliphatic rings. The molecule has 3 aromatic rings. The van der Waals surface area contributed by atoms with Gasteiger partial charge in [0.15, 0.2) is 0 Å². The van der Waals surface area contributed by atoms with Gasteiger partial charge in [0.25, 0.3) is 5.91 Å². The maximum absolute atomic E-state index is 12.8. The van der Waals surface area contributed by atoms with Gasteiger partial charge in [-0.05, 0) is 41.6 Å². The van der Waals surface area contributed by atoms with Crippen molar-refractivity contribution in [2.45, 2.75) is 26.3 Å². The fraction of sp³-hybridized carbons (Fsp3) is 0.174. The van der Waals surface area contributed by atoms with E-state index in [1.807, 2.05) is 54.8 Å². The Bertz CT molecular complexity index is 1050. The lowest BCUT2D eigenvalue weighted by molar-refractivity contribution is -0.139. The number of thiophene rings is 1. The summed E-state index contributed by atoms with van der Waals surface area (Å²) >= 11 is 1.41. The smallest absolute Gasteiger partial charge is 0.266 e. The Morgan fingerprint density at radius 1 is 0.966 bits per heavy atom. The summed E-state index contributed by atoms with van der Waals surface area (Å²) in [5.74, 6) is -0.421. The third-order valence-electron chi connectivity index (χ3n) is 4.94. The zero-order valence-corrected chi connectivity index (χ0v) is 16.8. The zero-order chi connectivity index (χ0) is 20.4. The Morgan fingerprint density at radius 3 is 2.28 bits per heavy atom. The maximum atomic E-state index is 12.8. The van der Waals surface area contributed by atoms with Crippen LogP contribution in [0.5, 0.6) is 0 Å². The van der Waals surface area contributed by atoms with E-state index < -0.39 is 0 Å². The van der Waals surface area contributed by atoms with E-state index >= 15 is 0 Å². The molecule has 1 fully saturated rings. The minimum absolute atomic E-state index is 0.131. The highest BCUT2D eigenvalue weighted by Crippen LogP contribution is 2.29. The fourth-order valence-corrected chi connectivity index (χ4v) is 4.12. The Hall–Kier alpha value is -3.25. The SMILES string of the molecule is Cc1ccc(-c2ccsc2C(=O)Nc2ccc(CN3C(=O)CCC3=O)cc2)cc1. The second-order valence-corrected chi connectivity index (χ2v) is 7.97. The molecule has 1 saturated heterocycles. The van der Waals surface area contributed by atoms with Crippen LogP contribution in [-0.4, -0.2) is 22.6 Å². The van der Waals surface area contributed by atoms with Crippen molar-refractivity contribution in [3.05, 3.63) is 76.0 Å². The number of nitrogens with zero attached hydrogens (tertiary/aromatic N) is 1. The normalized spacial score (nSPS) is 13.8. The summed E-state index contributed by atoms with van der Waals surface area (Å²) in [7, 11) is 0. The van der Waals surface area contributed by atoms with E-state index in [4.69, 9.17) is 0 Å². The lowest BCUT2D eigenvalue weighted by Gasteiger charge is -2.14. The van der Waals surface area contributed by atoms with E-state index in [9.17, 15) is 14.4 Å². The van der Waals surface area contributed by atoms with E-state index in [1.54, 1.807) is 12.1 Å². The van der Waals surface area contributed by atoms with Gasteiger partial charge in [-0.2, -0.15) is 0 Å². The molecule has 1 N–H and O–H groups in total. The first-order valence-electron chi connectivity index (χ1n) is 9.39. The van der Waals surface area contributed by atoms with Gasteiger partial charge in [0.05, 0.1) is 11.4 Å². The predicted molar refractivity (Wildman–Crippen MR) is 114 cm³/mol. The molecule has 0 saturated carbocycles. The number of benzene rings is 2. The van der Waals surface area contributed by atoms with Crippen LogP contribution in [0.4, 0.5) is 5.69 Å². The Kier molecular flexibility index (Phi) is 5.27. The molecule has 29 heavy (non-hydrogen) atoms. The van der Waals surface area contributed by atoms with Gasteiger partial charge in [0.2, 0.25) is 11.8 Å². The van der Waals surface area contributed by atoms with Crippen molar-refractivity contribution in [2.75, 3.05) is 5.32 Å². The van der Waals surface area contributed by atoms with Gasteiger partial charge in [-0.25, -0.2) is 0 Å². The van der Waals surface area contributed by atoms with Crippen LogP contribution >= 0.6 is 11.3 Å². The van der Waals surface area contributed by atoms with Crippen molar-refractivity contribution < 1.29 is 14.4 Å². The van der Waals surface area contributed by atoms with Gasteiger partial charge in [0.1, 0.15) is 0 Å². The number of carbonyl (C=O) groups is 3. The van der Waals surface area contributed by atoms with Gasteiger partial charge in [-0.1, -0.05) is 42.0 Å². The number of likely N-dealkylation sites (tertiary alicyclic amines) is 1. The highest BCUT2D eigenvalue weighted by atomic mass is 32.1. The number of rotatable bonds is 5. The summed E-state index contributed by atoms with van der Waals surface area (Å²) in [5.41, 5.74) is 4.61. The fourth-order valence-electron chi connectivity index (χ4n) is 3.31. The summed E-state index contributed by atoms with van der Waals surface area (Å²) < 4.78 is 0. The lowest BCUT2D eigenvalue weighted by atomic mass is 10.0. The largest absolute Gasteiger partial charge is 0.321 e. The second-order valence-electron chi connectivity index (χ2n) is 7.05. The van der Waals surface area contributed by atoms with Gasteiger partial charge < -0.3 is 5.32 Å². The summed E-state index contributed by atoms with van der Waals surface area (Å²) in [6, 6.07) is 17.3. The van der Waals surface area contributed by atoms with E-state index in [1.165, 1.54) is 21.8 Å². The highest BCUT2D eigenvalue weighted by molar-refractivity contribution is 7.12. The molecule has 0 unspecified atom stereocenters. The number of hydrogen-bond donors (Lipinski definition) is 1. The van der Waals surface area contributed by atoms with Gasteiger partial charge in [-0.3, -0.25) is 19.3 Å². The molecule has 5 nitrogen and oxygen atoms in total. The van der Waals surface area contributed by atoms with E-state index in [-0.39, 0.29) is 37.1 Å². The molecule has 0 bridgehead atoms. The van der Waals surface area contributed by atoms with Crippen LogP contribution in [0.25, 0.3) is 11.1 Å². The van der Waals surface area contributed by atoms with Crippen LogP contribution in [0.2, 0.25) is 0 Å². The average molecular weight is 404 g/mol. The molecule has 146 valence electrons. The molecule has 2 aromatic carbocycles. The number of amides is 3. The van der Waals surface area contributed by atoms with E-state index in [0.29, 0.717) is 10.6 Å². The van der Waals surface area contributed by atoms with Crippen LogP contribution in [0.1, 0.15) is 33.6 Å². The number of nitrogens with one attached hydrogen (secondary N) is 1. The zero-order valence-electron chi connectivity index (χ0n) is 16.0. The van der Waals surface area contributed by atoms with Crippen LogP contribution < -0.4 is 5.32 Å². The van der Waals surface area contributed by atoms with Crippen molar-refractivity contribution in [1.82, 2.24) is 4.90 Å². The first-order valence-corrected chi connectivity index (χ1v) is 10.3. The number of hydrogen-bond acceptors (Lipinski definition) is 4. The van der Waals surface area contributed by atoms with Gasteiger partial charge >= 0.3 is 0 Å². The Labute approximate surface area is 173 Å². The van der Waals surface area contributed by atoms with Crippen LogP contribution in [-0.2, 0) is 16.1 Å². The quantitative estimate of drug-likeness (QED) is 0.631. The molecule has 0 radical (unpaired) electrons. The van der Waals surface area contributed by atoms with E-state index in [2.05, 4.69) is 5.32 Å². The third-order valence-corrected chi connectivity index (χ3v) is 5.85. The summed E-state index contributed by atoms with van der Waals surface area (Å²) in [6.45, 7) is 2.30. The average Bonchev–Trinajstić information content (AvgIpc) is 3.32. The highest BCUT2D eigenvalue weighted by Gasteiger charge is 2.28. The summed E-state index contributed by atoms with van der Waals surface area (Å²) in [5, 5.41) is 4.84. The second kappa shape index (κ2) is 8.01. The third kappa shape index (κ3) is 4.12. The number of aryl methyl sites for hydroxylation is 1. The molecule has 1 aliphatic heterocycles. The van der Waals surface area contributed by atoms with Crippen LogP contribution in [0, 0.1) is 6.92 Å². The monoisotopic (exact) mass is 404 g/mol. The maximum Gasteiger partial charge on any atom is 0.266 e. The Balaban J connectivity index is 1.45. The van der Waals surface area contributed by atoms with Crippen molar-refractivity contribution >= 4 is 34.7 Å². The first-order chi connectivity index (χ1) is 14.0. The van der Waals surface area contributed by atoms with Crippen molar-refractivity contribution in [1.29, 1.82) is 0 Å². The molecule has 6 heteroatoms. The molecule has 3 amide bonds. The number of anilines is 1. The van der Waals surface area contributed by atoms with E-state index in [0.717, 1.165) is 16.7 Å². The number of imide groups is 1. The van der Waals surface area contributed by atoms with Crippen molar-refractivity contribution in [2.24, 2.45) is 0 Å². The minimum Gasteiger partial charge on any atom is -0.321 e. The minimum atomic E-state index is -0.159. The molecule has 0 spiro atoms. The van der Waals surface area contributed by atoms with Gasteiger partial charge in [-0.15, -0.1) is 11.3 Å². The molecule has 0 atom stereocenters. The van der Waals surface area contributed by atoms with Crippen LogP contribution in [0.3, 0.4) is 0 Å². The molecular formula is C23H20N2O3S. The van der Waals surface area contributed by atoms with Crippen molar-refractivity contribution in [3.8, 4) is 11.1 Å².